The van der Waals surface area contributed by atoms with Gasteiger partial charge >= 0.3 is 0 Å². The smallest absolute Gasteiger partial charge is 0.140 e. The monoisotopic (exact) mass is 341 g/mol. The van der Waals surface area contributed by atoms with E-state index in [0.717, 1.165) is 10.2 Å². The van der Waals surface area contributed by atoms with E-state index in [2.05, 4.69) is 33.4 Å². The molecule has 1 atom stereocenters. The Bertz CT molecular complexity index is 731. The zero-order chi connectivity index (χ0) is 15.2. The summed E-state index contributed by atoms with van der Waals surface area (Å²) in [5.74, 6) is 0.499. The molecule has 104 valence electrons. The minimum atomic E-state index is -0.554. The lowest BCUT2D eigenvalue weighted by atomic mass is 10.0. The normalized spacial score (nSPS) is 11.0. The van der Waals surface area contributed by atoms with Crippen molar-refractivity contribution in [3.8, 4) is 17.9 Å². The molecule has 4 nitrogen and oxygen atoms in total. The second-order valence-electron chi connectivity index (χ2n) is 4.26. The molecule has 2 aromatic rings. The van der Waals surface area contributed by atoms with Crippen molar-refractivity contribution in [3.63, 3.8) is 0 Å². The molecule has 0 aliphatic rings. The van der Waals surface area contributed by atoms with E-state index in [4.69, 9.17) is 10.00 Å². The summed E-state index contributed by atoms with van der Waals surface area (Å²) in [6.07, 6.45) is 0. The first-order valence-corrected chi connectivity index (χ1v) is 6.97. The van der Waals surface area contributed by atoms with E-state index in [1.165, 1.54) is 7.11 Å². The van der Waals surface area contributed by atoms with Crippen molar-refractivity contribution >= 4 is 21.6 Å². The van der Waals surface area contributed by atoms with Crippen LogP contribution in [0.15, 0.2) is 46.9 Å². The van der Waals surface area contributed by atoms with Crippen molar-refractivity contribution in [2.45, 2.75) is 6.04 Å². The first-order valence-electron chi connectivity index (χ1n) is 6.18. The molecule has 0 spiro atoms. The minimum Gasteiger partial charge on any atom is -0.495 e. The summed E-state index contributed by atoms with van der Waals surface area (Å²) in [7, 11) is 1.51. The van der Waals surface area contributed by atoms with Crippen LogP contribution in [0.2, 0.25) is 0 Å². The summed E-state index contributed by atoms with van der Waals surface area (Å²) < 4.78 is 5.98. The Morgan fingerprint density at radius 3 is 2.57 bits per heavy atom. The summed E-state index contributed by atoms with van der Waals surface area (Å²) in [6, 6.07) is 16.4. The van der Waals surface area contributed by atoms with Gasteiger partial charge in [0, 0.05) is 10.2 Å². The maximum Gasteiger partial charge on any atom is 0.140 e. The third kappa shape index (κ3) is 3.34. The predicted molar refractivity (Wildman–Crippen MR) is 83.8 cm³/mol. The lowest BCUT2D eigenvalue weighted by Gasteiger charge is -2.15. The van der Waals surface area contributed by atoms with Crippen LogP contribution in [0.1, 0.15) is 17.2 Å². The molecule has 0 fully saturated rings. The van der Waals surface area contributed by atoms with Gasteiger partial charge in [-0.1, -0.05) is 18.2 Å². The molecule has 21 heavy (non-hydrogen) atoms. The van der Waals surface area contributed by atoms with Crippen molar-refractivity contribution < 1.29 is 4.74 Å². The molecular weight excluding hydrogens is 330 g/mol. The Kier molecular flexibility index (Phi) is 4.81. The average Bonchev–Trinajstić information content (AvgIpc) is 2.53. The quantitative estimate of drug-likeness (QED) is 0.912. The van der Waals surface area contributed by atoms with E-state index < -0.39 is 6.04 Å². The molecule has 0 saturated heterocycles. The van der Waals surface area contributed by atoms with Crippen LogP contribution in [0.5, 0.6) is 5.75 Å². The molecule has 0 heterocycles. The van der Waals surface area contributed by atoms with Crippen LogP contribution in [-0.4, -0.2) is 7.11 Å². The highest BCUT2D eigenvalue weighted by atomic mass is 79.9. The summed E-state index contributed by atoms with van der Waals surface area (Å²) in [4.78, 5) is 0. The number of anilines is 1. The van der Waals surface area contributed by atoms with Crippen molar-refractivity contribution in [1.29, 1.82) is 10.5 Å². The molecule has 0 saturated carbocycles. The van der Waals surface area contributed by atoms with Crippen molar-refractivity contribution in [3.05, 3.63) is 58.1 Å². The summed E-state index contributed by atoms with van der Waals surface area (Å²) in [5.41, 5.74) is 1.94. The lowest BCUT2D eigenvalue weighted by molar-refractivity contribution is 0.413. The number of nitrogens with zero attached hydrogens (tertiary/aromatic N) is 2. The molecule has 0 bridgehead atoms. The minimum absolute atomic E-state index is 0.407. The van der Waals surface area contributed by atoms with Crippen molar-refractivity contribution in [2.75, 3.05) is 12.4 Å². The maximum absolute atomic E-state index is 9.38. The number of hydrogen-bond donors (Lipinski definition) is 1. The van der Waals surface area contributed by atoms with E-state index in [9.17, 15) is 5.26 Å². The Labute approximate surface area is 131 Å². The fraction of sp³-hybridized carbons (Fsp3) is 0.125. The number of nitriles is 2. The number of methoxy groups -OCH3 is 1. The van der Waals surface area contributed by atoms with E-state index in [-0.39, 0.29) is 0 Å². The second kappa shape index (κ2) is 6.78. The van der Waals surface area contributed by atoms with Gasteiger partial charge in [0.05, 0.1) is 18.7 Å². The fourth-order valence-corrected chi connectivity index (χ4v) is 2.32. The third-order valence-corrected chi connectivity index (χ3v) is 3.67. The summed E-state index contributed by atoms with van der Waals surface area (Å²) in [6.45, 7) is 0. The highest BCUT2D eigenvalue weighted by Crippen LogP contribution is 2.28. The Morgan fingerprint density at radius 2 is 1.95 bits per heavy atom. The van der Waals surface area contributed by atoms with Gasteiger partial charge in [0.15, 0.2) is 0 Å². The van der Waals surface area contributed by atoms with Crippen LogP contribution >= 0.6 is 15.9 Å². The molecule has 2 rings (SSSR count). The molecule has 1 N–H and O–H groups in total. The number of ether oxygens (including phenoxy) is 1. The van der Waals surface area contributed by atoms with Gasteiger partial charge in [-0.2, -0.15) is 10.5 Å². The topological polar surface area (TPSA) is 68.8 Å². The fourth-order valence-electron chi connectivity index (χ4n) is 1.92. The molecule has 0 radical (unpaired) electrons. The van der Waals surface area contributed by atoms with Gasteiger partial charge in [0.1, 0.15) is 17.9 Å². The second-order valence-corrected chi connectivity index (χ2v) is 5.11. The first-order chi connectivity index (χ1) is 10.2. The van der Waals surface area contributed by atoms with Gasteiger partial charge in [-0.3, -0.25) is 0 Å². The van der Waals surface area contributed by atoms with Gasteiger partial charge in [-0.25, -0.2) is 0 Å². The number of nitrogens with one attached hydrogen (secondary N) is 1. The third-order valence-electron chi connectivity index (χ3n) is 2.98. The number of halogens is 1. The van der Waals surface area contributed by atoms with E-state index in [1.54, 1.807) is 18.2 Å². The maximum atomic E-state index is 9.38. The standard InChI is InChI=1S/C16H12BrN3O/c1-21-16-7-6-11(8-12(16)9-18)15(10-19)20-14-5-3-2-4-13(14)17/h2-8,15,20H,1H3. The van der Waals surface area contributed by atoms with E-state index >= 15 is 0 Å². The lowest BCUT2D eigenvalue weighted by Crippen LogP contribution is -2.09. The zero-order valence-corrected chi connectivity index (χ0v) is 12.9. The molecule has 0 aliphatic heterocycles. The van der Waals surface area contributed by atoms with Crippen LogP contribution in [-0.2, 0) is 0 Å². The van der Waals surface area contributed by atoms with Gasteiger partial charge in [-0.15, -0.1) is 0 Å². The van der Waals surface area contributed by atoms with E-state index in [0.29, 0.717) is 16.9 Å². The summed E-state index contributed by atoms with van der Waals surface area (Å²) >= 11 is 3.43. The van der Waals surface area contributed by atoms with Crippen LogP contribution in [0.4, 0.5) is 5.69 Å². The van der Waals surface area contributed by atoms with Crippen molar-refractivity contribution in [1.82, 2.24) is 0 Å². The van der Waals surface area contributed by atoms with Gasteiger partial charge < -0.3 is 10.1 Å². The van der Waals surface area contributed by atoms with Gasteiger partial charge in [0.25, 0.3) is 0 Å². The van der Waals surface area contributed by atoms with Crippen LogP contribution in [0, 0.1) is 22.7 Å². The molecule has 5 heteroatoms. The molecule has 2 aromatic carbocycles. The Balaban J connectivity index is 2.33. The molecule has 0 aliphatic carbocycles. The molecule has 0 amide bonds. The highest BCUT2D eigenvalue weighted by molar-refractivity contribution is 9.10. The van der Waals surface area contributed by atoms with Crippen LogP contribution in [0.3, 0.4) is 0 Å². The predicted octanol–water partition coefficient (Wildman–Crippen LogP) is 4.01. The first kappa shape index (κ1) is 14.9. The van der Waals surface area contributed by atoms with Crippen molar-refractivity contribution in [2.24, 2.45) is 0 Å². The number of para-hydroxylation sites is 1. The summed E-state index contributed by atoms with van der Waals surface area (Å²) in [5, 5.41) is 21.6. The average molecular weight is 342 g/mol. The van der Waals surface area contributed by atoms with Crippen LogP contribution in [0.25, 0.3) is 0 Å². The number of benzene rings is 2. The number of hydrogen-bond acceptors (Lipinski definition) is 4. The molecule has 1 unspecified atom stereocenters. The van der Waals surface area contributed by atoms with Gasteiger partial charge in [0.2, 0.25) is 0 Å². The van der Waals surface area contributed by atoms with Crippen LogP contribution < -0.4 is 10.1 Å². The Hall–Kier alpha value is -2.50. The largest absolute Gasteiger partial charge is 0.495 e. The number of rotatable bonds is 4. The molecule has 0 aromatic heterocycles. The highest BCUT2D eigenvalue weighted by Gasteiger charge is 2.14. The van der Waals surface area contributed by atoms with E-state index in [1.807, 2.05) is 24.3 Å². The Morgan fingerprint density at radius 1 is 1.19 bits per heavy atom. The zero-order valence-electron chi connectivity index (χ0n) is 11.3. The van der Waals surface area contributed by atoms with Gasteiger partial charge in [-0.05, 0) is 45.8 Å². The molecular formula is C16H12BrN3O. The SMILES string of the molecule is COc1ccc(C(C#N)Nc2ccccc2Br)cc1C#N.